The van der Waals surface area contributed by atoms with E-state index in [2.05, 4.69) is 34.7 Å². The number of amides is 1. The molecule has 0 saturated heterocycles. The molecular weight excluding hydrogens is 520 g/mol. The third-order valence-corrected chi connectivity index (χ3v) is 6.73. The van der Waals surface area contributed by atoms with Crippen LogP contribution in [0, 0.1) is 5.92 Å². The summed E-state index contributed by atoms with van der Waals surface area (Å²) in [4.78, 5) is 22.1. The normalized spacial score (nSPS) is 17.9. The number of carbonyl (C=O) groups excluding carboxylic acids is 1. The van der Waals surface area contributed by atoms with Crippen LogP contribution in [0.4, 0.5) is 0 Å². The van der Waals surface area contributed by atoms with Crippen LogP contribution < -0.4 is 15.6 Å². The number of nitrogens with one attached hydrogen (secondary N) is 2. The number of aliphatic imine (C=N–C) groups is 1. The Bertz CT molecular complexity index is 1370. The second-order valence-corrected chi connectivity index (χ2v) is 10.3. The van der Waals surface area contributed by atoms with Crippen LogP contribution in [-0.2, 0) is 22.5 Å². The van der Waals surface area contributed by atoms with Crippen molar-refractivity contribution in [3.8, 4) is 5.75 Å². The molecule has 0 aromatic heterocycles. The number of azide groups is 1. The first-order valence-electron chi connectivity index (χ1n) is 13.7. The highest BCUT2D eigenvalue weighted by atomic mass is 16.5. The second-order valence-electron chi connectivity index (χ2n) is 10.3. The summed E-state index contributed by atoms with van der Waals surface area (Å²) in [6.07, 6.45) is 0.0255. The molecular formula is C31H36N6O4. The Kier molecular flexibility index (Phi) is 10.3. The van der Waals surface area contributed by atoms with Crippen LogP contribution in [0.25, 0.3) is 10.4 Å². The number of aliphatic hydroxyl groups is 1. The van der Waals surface area contributed by atoms with Gasteiger partial charge in [-0.3, -0.25) is 10.2 Å². The number of benzene rings is 3. The quantitative estimate of drug-likeness (QED) is 0.0839. The lowest BCUT2D eigenvalue weighted by atomic mass is 9.81. The first-order chi connectivity index (χ1) is 20.0. The van der Waals surface area contributed by atoms with Crippen molar-refractivity contribution in [2.45, 2.75) is 44.9 Å². The van der Waals surface area contributed by atoms with Gasteiger partial charge in [0.25, 0.3) is 5.91 Å². The monoisotopic (exact) mass is 556 g/mol. The summed E-state index contributed by atoms with van der Waals surface area (Å²) in [6.45, 7) is 5.32. The lowest BCUT2D eigenvalue weighted by Gasteiger charge is -2.31. The maximum atomic E-state index is 14.2. The van der Waals surface area contributed by atoms with Gasteiger partial charge in [0.05, 0.1) is 13.2 Å². The molecule has 214 valence electrons. The number of rotatable bonds is 14. The number of nitrogens with zero attached hydrogens (tertiary/aromatic N) is 4. The van der Waals surface area contributed by atoms with E-state index in [1.807, 2.05) is 78.9 Å². The zero-order chi connectivity index (χ0) is 29.1. The van der Waals surface area contributed by atoms with E-state index in [0.717, 1.165) is 16.7 Å². The number of aliphatic hydroxyl groups excluding tert-OH is 1. The van der Waals surface area contributed by atoms with Gasteiger partial charge in [0, 0.05) is 36.5 Å². The van der Waals surface area contributed by atoms with Crippen molar-refractivity contribution >= 4 is 11.8 Å². The minimum atomic E-state index is -1.37. The SMILES string of the molecule is CC(C)CNNC(=O)[C@@]1(Cc2ccccc2CN=[N+]=[N-])N=C(c2ccc(OCCCO)cc2)O[C@H]1c1ccccc1. The highest BCUT2D eigenvalue weighted by molar-refractivity contribution is 6.01. The topological polar surface area (TPSA) is 141 Å². The minimum absolute atomic E-state index is 0.0613. The lowest BCUT2D eigenvalue weighted by Crippen LogP contribution is -2.54. The molecule has 0 aliphatic carbocycles. The van der Waals surface area contributed by atoms with Crippen molar-refractivity contribution < 1.29 is 19.4 Å². The van der Waals surface area contributed by atoms with Gasteiger partial charge >= 0.3 is 0 Å². The Labute approximate surface area is 240 Å². The molecule has 0 saturated carbocycles. The molecule has 0 spiro atoms. The van der Waals surface area contributed by atoms with E-state index in [0.29, 0.717) is 42.7 Å². The van der Waals surface area contributed by atoms with E-state index in [9.17, 15) is 4.79 Å². The molecule has 2 atom stereocenters. The van der Waals surface area contributed by atoms with Crippen LogP contribution in [0.3, 0.4) is 0 Å². The second kappa shape index (κ2) is 14.3. The first-order valence-corrected chi connectivity index (χ1v) is 13.7. The van der Waals surface area contributed by atoms with E-state index in [1.165, 1.54) is 0 Å². The van der Waals surface area contributed by atoms with Crippen LogP contribution in [0.15, 0.2) is 89.0 Å². The molecule has 3 aromatic carbocycles. The number of hydrogen-bond acceptors (Lipinski definition) is 7. The van der Waals surface area contributed by atoms with Gasteiger partial charge in [0.2, 0.25) is 5.90 Å². The fraction of sp³-hybridized carbons (Fsp3) is 0.355. The zero-order valence-corrected chi connectivity index (χ0v) is 23.4. The zero-order valence-electron chi connectivity index (χ0n) is 23.4. The smallest absolute Gasteiger partial charge is 0.266 e. The Hall–Kier alpha value is -4.37. The van der Waals surface area contributed by atoms with Gasteiger partial charge in [0.15, 0.2) is 11.6 Å². The predicted molar refractivity (Wildman–Crippen MR) is 157 cm³/mol. The van der Waals surface area contributed by atoms with Crippen molar-refractivity contribution in [2.75, 3.05) is 19.8 Å². The summed E-state index contributed by atoms with van der Waals surface area (Å²) in [6, 6.07) is 24.5. The van der Waals surface area contributed by atoms with Crippen molar-refractivity contribution in [3.63, 3.8) is 0 Å². The number of carbonyl (C=O) groups is 1. The predicted octanol–water partition coefficient (Wildman–Crippen LogP) is 5.03. The summed E-state index contributed by atoms with van der Waals surface area (Å²) in [7, 11) is 0. The molecule has 1 heterocycles. The van der Waals surface area contributed by atoms with Gasteiger partial charge in [-0.25, -0.2) is 10.4 Å². The van der Waals surface area contributed by atoms with Gasteiger partial charge in [-0.1, -0.05) is 73.6 Å². The molecule has 0 bridgehead atoms. The minimum Gasteiger partial charge on any atom is -0.494 e. The standard InChI is InChI=1S/C31H36N6O4/c1-22(2)20-33-36-30(39)31(19-25-11-6-7-12-26(25)21-34-37-32)28(23-9-4-3-5-10-23)41-29(35-31)24-13-15-27(16-14-24)40-18-8-17-38/h3-7,9-16,22,28,33,38H,8,17-21H2,1-2H3,(H,36,39)/t28-,31-/m0/s1. The third-order valence-electron chi connectivity index (χ3n) is 6.73. The van der Waals surface area contributed by atoms with Crippen molar-refractivity contribution in [3.05, 3.63) is 112 Å². The highest BCUT2D eigenvalue weighted by Gasteiger charge is 2.53. The van der Waals surface area contributed by atoms with Crippen LogP contribution >= 0.6 is 0 Å². The molecule has 1 amide bonds. The molecule has 0 radical (unpaired) electrons. The molecule has 3 N–H and O–H groups in total. The van der Waals surface area contributed by atoms with Gasteiger partial charge in [-0.15, -0.1) is 0 Å². The Morgan fingerprint density at radius 3 is 2.49 bits per heavy atom. The van der Waals surface area contributed by atoms with Gasteiger partial charge < -0.3 is 14.6 Å². The Morgan fingerprint density at radius 2 is 1.80 bits per heavy atom. The van der Waals surface area contributed by atoms with Crippen LogP contribution in [0.2, 0.25) is 0 Å². The summed E-state index contributed by atoms with van der Waals surface area (Å²) >= 11 is 0. The van der Waals surface area contributed by atoms with Crippen LogP contribution in [0.1, 0.15) is 48.6 Å². The summed E-state index contributed by atoms with van der Waals surface area (Å²) in [5.74, 6) is 0.990. The summed E-state index contributed by atoms with van der Waals surface area (Å²) < 4.78 is 12.2. The largest absolute Gasteiger partial charge is 0.494 e. The molecule has 41 heavy (non-hydrogen) atoms. The summed E-state index contributed by atoms with van der Waals surface area (Å²) in [5.41, 5.74) is 16.7. The molecule has 0 fully saturated rings. The van der Waals surface area contributed by atoms with E-state index in [-0.39, 0.29) is 25.5 Å². The van der Waals surface area contributed by atoms with E-state index in [4.69, 9.17) is 25.1 Å². The van der Waals surface area contributed by atoms with Gasteiger partial charge in [0.1, 0.15) is 5.75 Å². The van der Waals surface area contributed by atoms with E-state index >= 15 is 0 Å². The number of hydrogen-bond donors (Lipinski definition) is 3. The average Bonchev–Trinajstić information content (AvgIpc) is 3.38. The van der Waals surface area contributed by atoms with Gasteiger partial charge in [-0.2, -0.15) is 0 Å². The first kappa shape index (κ1) is 29.6. The van der Waals surface area contributed by atoms with E-state index < -0.39 is 11.6 Å². The molecule has 1 aliphatic rings. The molecule has 4 rings (SSSR count). The molecule has 3 aromatic rings. The molecule has 10 nitrogen and oxygen atoms in total. The molecule has 10 heteroatoms. The maximum absolute atomic E-state index is 14.2. The third kappa shape index (κ3) is 7.43. The fourth-order valence-corrected chi connectivity index (χ4v) is 4.64. The van der Waals surface area contributed by atoms with Crippen molar-refractivity contribution in [1.29, 1.82) is 0 Å². The Balaban J connectivity index is 1.78. The van der Waals surface area contributed by atoms with Crippen LogP contribution in [0.5, 0.6) is 5.75 Å². The molecule has 0 unspecified atom stereocenters. The highest BCUT2D eigenvalue weighted by Crippen LogP contribution is 2.43. The maximum Gasteiger partial charge on any atom is 0.266 e. The lowest BCUT2D eigenvalue weighted by molar-refractivity contribution is -0.130. The van der Waals surface area contributed by atoms with Crippen molar-refractivity contribution in [2.24, 2.45) is 16.0 Å². The van der Waals surface area contributed by atoms with Crippen LogP contribution in [-0.4, -0.2) is 42.2 Å². The number of hydrazine groups is 1. The fourth-order valence-electron chi connectivity index (χ4n) is 4.64. The summed E-state index contributed by atoms with van der Waals surface area (Å²) in [5, 5.41) is 12.8. The average molecular weight is 557 g/mol. The van der Waals surface area contributed by atoms with E-state index in [1.54, 1.807) is 0 Å². The number of ether oxygens (including phenoxy) is 2. The molecule has 1 aliphatic heterocycles. The Morgan fingerprint density at radius 1 is 1.10 bits per heavy atom. The van der Waals surface area contributed by atoms with Crippen molar-refractivity contribution in [1.82, 2.24) is 10.9 Å². The van der Waals surface area contributed by atoms with Gasteiger partial charge in [-0.05, 0) is 52.4 Å².